The van der Waals surface area contributed by atoms with Crippen molar-refractivity contribution in [1.29, 1.82) is 0 Å². The Morgan fingerprint density at radius 3 is 2.48 bits per heavy atom. The van der Waals surface area contributed by atoms with Crippen LogP contribution in [0.3, 0.4) is 0 Å². The van der Waals surface area contributed by atoms with Gasteiger partial charge in [-0.25, -0.2) is 4.98 Å². The van der Waals surface area contributed by atoms with Crippen LogP contribution in [-0.2, 0) is 0 Å². The van der Waals surface area contributed by atoms with E-state index < -0.39 is 5.56 Å². The van der Waals surface area contributed by atoms with Gasteiger partial charge in [-0.05, 0) is 42.7 Å². The standard InChI is InChI=1S/C21H16Cl2N4O2S.CH4/c1-29-27-19-12(9-15(20(27)28)18-16(22)7-4-8-17(18)23)11-24-21(26-19)25-13-5-3-6-14(10-13)30-2;/h3-11H,1-2H3,(H,24,25,26);1H4. The molecule has 2 heterocycles. The average Bonchev–Trinajstić information content (AvgIpc) is 2.74. The summed E-state index contributed by atoms with van der Waals surface area (Å²) in [5, 5.41) is 4.50. The van der Waals surface area contributed by atoms with Crippen molar-refractivity contribution < 1.29 is 4.84 Å². The zero-order valence-corrected chi connectivity index (χ0v) is 18.3. The van der Waals surface area contributed by atoms with E-state index in [4.69, 9.17) is 28.0 Å². The molecule has 0 aliphatic rings. The summed E-state index contributed by atoms with van der Waals surface area (Å²) < 4.78 is 1.11. The molecule has 1 N–H and O–H groups in total. The van der Waals surface area contributed by atoms with Crippen molar-refractivity contribution in [2.75, 3.05) is 18.7 Å². The molecular formula is C22H20Cl2N4O2S. The minimum absolute atomic E-state index is 0. The molecule has 0 radical (unpaired) electrons. The van der Waals surface area contributed by atoms with Crippen LogP contribution in [0.25, 0.3) is 22.2 Å². The van der Waals surface area contributed by atoms with Gasteiger partial charge < -0.3 is 10.2 Å². The molecule has 0 amide bonds. The predicted octanol–water partition coefficient (Wildman–Crippen LogP) is 5.93. The van der Waals surface area contributed by atoms with E-state index in [1.165, 1.54) is 7.11 Å². The number of benzene rings is 2. The molecule has 0 spiro atoms. The van der Waals surface area contributed by atoms with Gasteiger partial charge in [-0.15, -0.1) is 16.5 Å². The normalized spacial score (nSPS) is 10.6. The second kappa shape index (κ2) is 9.60. The monoisotopic (exact) mass is 474 g/mol. The topological polar surface area (TPSA) is 69.0 Å². The van der Waals surface area contributed by atoms with E-state index in [2.05, 4.69) is 15.3 Å². The molecule has 0 unspecified atom stereocenters. The molecule has 160 valence electrons. The SMILES string of the molecule is C.COn1c(=O)c(-c2c(Cl)cccc2Cl)cc2cnc(Nc3cccc(SC)c3)nc21. The Balaban J connectivity index is 0.00000272. The summed E-state index contributed by atoms with van der Waals surface area (Å²) in [5.74, 6) is 0.342. The first-order valence-corrected chi connectivity index (χ1v) is 10.8. The summed E-state index contributed by atoms with van der Waals surface area (Å²) in [6.45, 7) is 0. The van der Waals surface area contributed by atoms with Crippen LogP contribution in [0, 0.1) is 0 Å². The third-order valence-electron chi connectivity index (χ3n) is 4.44. The third-order valence-corrected chi connectivity index (χ3v) is 5.80. The molecule has 4 aromatic rings. The van der Waals surface area contributed by atoms with Gasteiger partial charge in [-0.3, -0.25) is 4.79 Å². The summed E-state index contributed by atoms with van der Waals surface area (Å²) in [5.41, 5.74) is 1.49. The van der Waals surface area contributed by atoms with Gasteiger partial charge in [-0.2, -0.15) is 4.98 Å². The highest BCUT2D eigenvalue weighted by Crippen LogP contribution is 2.33. The first-order chi connectivity index (χ1) is 14.5. The van der Waals surface area contributed by atoms with E-state index in [0.29, 0.717) is 38.2 Å². The molecule has 31 heavy (non-hydrogen) atoms. The summed E-state index contributed by atoms with van der Waals surface area (Å²) in [7, 11) is 1.40. The van der Waals surface area contributed by atoms with Gasteiger partial charge in [0.05, 0.1) is 15.6 Å². The Bertz CT molecular complexity index is 1290. The fourth-order valence-corrected chi connectivity index (χ4v) is 4.12. The second-order valence-electron chi connectivity index (χ2n) is 6.27. The molecule has 0 fully saturated rings. The number of hydrogen-bond acceptors (Lipinski definition) is 6. The molecular weight excluding hydrogens is 455 g/mol. The summed E-state index contributed by atoms with van der Waals surface area (Å²) >= 11 is 14.3. The van der Waals surface area contributed by atoms with Gasteiger partial charge >= 0.3 is 0 Å². The highest BCUT2D eigenvalue weighted by atomic mass is 35.5. The van der Waals surface area contributed by atoms with Gasteiger partial charge in [0, 0.05) is 27.7 Å². The number of rotatable bonds is 5. The number of fused-ring (bicyclic) bond motifs is 1. The molecule has 0 aliphatic heterocycles. The summed E-state index contributed by atoms with van der Waals surface area (Å²) in [6, 6.07) is 14.6. The van der Waals surface area contributed by atoms with E-state index in [-0.39, 0.29) is 7.43 Å². The van der Waals surface area contributed by atoms with Crippen LogP contribution in [0.4, 0.5) is 11.6 Å². The minimum Gasteiger partial charge on any atom is -0.412 e. The number of nitrogens with one attached hydrogen (secondary N) is 1. The Kier molecular flexibility index (Phi) is 7.10. The fraction of sp³-hybridized carbons (Fsp3) is 0.136. The number of aromatic nitrogens is 3. The van der Waals surface area contributed by atoms with Gasteiger partial charge in [0.2, 0.25) is 5.95 Å². The van der Waals surface area contributed by atoms with Gasteiger partial charge in [-0.1, -0.05) is 42.8 Å². The quantitative estimate of drug-likeness (QED) is 0.361. The Morgan fingerprint density at radius 2 is 1.81 bits per heavy atom. The molecule has 2 aromatic carbocycles. The number of hydrogen-bond donors (Lipinski definition) is 1. The summed E-state index contributed by atoms with van der Waals surface area (Å²) in [4.78, 5) is 28.4. The molecule has 0 aliphatic carbocycles. The molecule has 2 aromatic heterocycles. The van der Waals surface area contributed by atoms with Crippen LogP contribution in [-0.4, -0.2) is 28.1 Å². The van der Waals surface area contributed by atoms with E-state index >= 15 is 0 Å². The van der Waals surface area contributed by atoms with Crippen molar-refractivity contribution in [3.05, 3.63) is 75.1 Å². The van der Waals surface area contributed by atoms with Gasteiger partial charge in [0.15, 0.2) is 5.65 Å². The number of pyridine rings is 1. The minimum atomic E-state index is -0.422. The molecule has 0 atom stereocenters. The molecule has 0 bridgehead atoms. The van der Waals surface area contributed by atoms with E-state index in [9.17, 15) is 4.79 Å². The van der Waals surface area contributed by atoms with Crippen molar-refractivity contribution in [1.82, 2.24) is 14.7 Å². The zero-order valence-electron chi connectivity index (χ0n) is 16.0. The van der Waals surface area contributed by atoms with Crippen molar-refractivity contribution >= 4 is 57.6 Å². The maximum absolute atomic E-state index is 13.1. The van der Waals surface area contributed by atoms with Gasteiger partial charge in [0.1, 0.15) is 7.11 Å². The lowest BCUT2D eigenvalue weighted by Gasteiger charge is -2.13. The van der Waals surface area contributed by atoms with E-state index in [1.807, 2.05) is 30.5 Å². The van der Waals surface area contributed by atoms with Crippen molar-refractivity contribution in [2.45, 2.75) is 12.3 Å². The largest absolute Gasteiger partial charge is 0.412 e. The van der Waals surface area contributed by atoms with E-state index in [0.717, 1.165) is 15.3 Å². The van der Waals surface area contributed by atoms with Gasteiger partial charge in [0.25, 0.3) is 5.56 Å². The smallest absolute Gasteiger partial charge is 0.293 e. The number of nitrogens with zero attached hydrogens (tertiary/aromatic N) is 3. The van der Waals surface area contributed by atoms with E-state index in [1.54, 1.807) is 42.2 Å². The number of thioether (sulfide) groups is 1. The molecule has 6 nitrogen and oxygen atoms in total. The molecule has 4 rings (SSSR count). The second-order valence-corrected chi connectivity index (χ2v) is 7.96. The number of anilines is 2. The van der Waals surface area contributed by atoms with Crippen molar-refractivity contribution in [3.8, 4) is 11.1 Å². The first kappa shape index (κ1) is 22.9. The Labute approximate surface area is 194 Å². The van der Waals surface area contributed by atoms with Crippen molar-refractivity contribution in [2.24, 2.45) is 0 Å². The lowest BCUT2D eigenvalue weighted by Crippen LogP contribution is -2.27. The highest BCUT2D eigenvalue weighted by molar-refractivity contribution is 7.98. The molecule has 9 heteroatoms. The average molecular weight is 475 g/mol. The lowest BCUT2D eigenvalue weighted by atomic mass is 10.1. The highest BCUT2D eigenvalue weighted by Gasteiger charge is 2.18. The Hall–Kier alpha value is -2.74. The summed E-state index contributed by atoms with van der Waals surface area (Å²) in [6.07, 6.45) is 3.62. The zero-order chi connectivity index (χ0) is 21.3. The molecule has 0 saturated carbocycles. The maximum Gasteiger partial charge on any atom is 0.293 e. The van der Waals surface area contributed by atoms with Crippen LogP contribution in [0.2, 0.25) is 10.0 Å². The van der Waals surface area contributed by atoms with Crippen LogP contribution in [0.15, 0.2) is 64.4 Å². The molecule has 0 saturated heterocycles. The van der Waals surface area contributed by atoms with Crippen LogP contribution in [0.1, 0.15) is 7.43 Å². The van der Waals surface area contributed by atoms with Crippen molar-refractivity contribution in [3.63, 3.8) is 0 Å². The number of halogens is 2. The van der Waals surface area contributed by atoms with Crippen LogP contribution in [0.5, 0.6) is 0 Å². The maximum atomic E-state index is 13.1. The predicted molar refractivity (Wildman–Crippen MR) is 130 cm³/mol. The lowest BCUT2D eigenvalue weighted by molar-refractivity contribution is 0.168. The fourth-order valence-electron chi connectivity index (χ4n) is 3.06. The Morgan fingerprint density at radius 1 is 1.10 bits per heavy atom. The first-order valence-electron chi connectivity index (χ1n) is 8.84. The van der Waals surface area contributed by atoms with Crippen LogP contribution < -0.4 is 15.7 Å². The van der Waals surface area contributed by atoms with Crippen LogP contribution >= 0.6 is 35.0 Å². The third kappa shape index (κ3) is 4.49.